The van der Waals surface area contributed by atoms with Crippen LogP contribution in [0.3, 0.4) is 0 Å². The number of rotatable bonds is 43. The van der Waals surface area contributed by atoms with Crippen LogP contribution in [0.1, 0.15) is 75.8 Å². The predicted octanol–water partition coefficient (Wildman–Crippen LogP) is 13.0. The number of carbonyl (C=O) groups excluding carboxylic acids is 3. The summed E-state index contributed by atoms with van der Waals surface area (Å²) in [6, 6.07) is 85.6. The smallest absolute Gasteiger partial charge is 0.280 e. The van der Waals surface area contributed by atoms with Crippen molar-refractivity contribution in [1.82, 2.24) is 16.0 Å². The van der Waals surface area contributed by atoms with Gasteiger partial charge in [0.15, 0.2) is 0 Å². The van der Waals surface area contributed by atoms with Crippen molar-refractivity contribution in [3.8, 4) is 0 Å². The summed E-state index contributed by atoms with van der Waals surface area (Å²) in [7, 11) is -1.85. The Bertz CT molecular complexity index is 4560. The van der Waals surface area contributed by atoms with Crippen LogP contribution in [-0.4, -0.2) is 159 Å². The van der Waals surface area contributed by atoms with Gasteiger partial charge in [0, 0.05) is 27.3 Å². The molecule has 3 amide bonds. The second-order valence-corrected chi connectivity index (χ2v) is 38.2. The third kappa shape index (κ3) is 21.2. The van der Waals surface area contributed by atoms with E-state index in [1.54, 1.807) is 0 Å². The van der Waals surface area contributed by atoms with Crippen molar-refractivity contribution in [1.29, 1.82) is 0 Å². The van der Waals surface area contributed by atoms with Crippen molar-refractivity contribution in [3.63, 3.8) is 0 Å². The number of nitrogens with one attached hydrogen (secondary N) is 3. The highest BCUT2D eigenvalue weighted by Gasteiger charge is 2.68. The summed E-state index contributed by atoms with van der Waals surface area (Å²) in [4.78, 5) is 47.1. The van der Waals surface area contributed by atoms with Crippen molar-refractivity contribution in [3.05, 3.63) is 323 Å². The maximum Gasteiger partial charge on any atom is 0.280 e. The summed E-state index contributed by atoms with van der Waals surface area (Å²) >= 11 is 0. The van der Waals surface area contributed by atoms with Crippen LogP contribution in [0.5, 0.6) is 0 Å². The lowest BCUT2D eigenvalue weighted by Gasteiger charge is -2.58. The number of piperidine rings is 3. The molecule has 0 aromatic heterocycles. The SMILES string of the molecule is C[Si](C)(C)CCC12CC(OCc3ccccc3)C(NC1=O)C(C(OCc1ccccc1)C(COCc1ccccc1)OC13CC(OCc4ccccc4)C(NC1=O)C(C(OCc1ccccc1)C(COCc1ccccc1)OC14CC(OCc5ccccc5)C(NC1=O)C(C(OCc1ccccc1)C(O)COCc1ccccc1)O4)O3)O2. The van der Waals surface area contributed by atoms with Gasteiger partial charge < -0.3 is 87.4 Å². The highest BCUT2D eigenvalue weighted by atomic mass is 28.3. The molecule has 21 nitrogen and oxygen atoms in total. The fourth-order valence-electron chi connectivity index (χ4n) is 16.6. The summed E-state index contributed by atoms with van der Waals surface area (Å²) in [5, 5.41) is 22.8. The fraction of sp³-hybridized carbons (Fsp3) is 0.400. The van der Waals surface area contributed by atoms with Crippen LogP contribution in [0, 0.1) is 0 Å². The van der Waals surface area contributed by atoms with Crippen molar-refractivity contribution < 1.29 is 85.8 Å². The molecule has 614 valence electrons. The van der Waals surface area contributed by atoms with Crippen LogP contribution in [0.15, 0.2) is 273 Å². The molecule has 18 rings (SSSR count). The lowest BCUT2D eigenvalue weighted by Crippen LogP contribution is -2.79. The Kier molecular flexibility index (Phi) is 27.9. The first-order valence-electron chi connectivity index (χ1n) is 40.9. The lowest BCUT2D eigenvalue weighted by molar-refractivity contribution is -0.371. The number of morpholine rings is 3. The van der Waals surface area contributed by atoms with Gasteiger partial charge >= 0.3 is 0 Å². The van der Waals surface area contributed by atoms with E-state index in [-0.39, 0.29) is 104 Å². The molecule has 6 bridgehead atoms. The maximum absolute atomic E-state index is 16.2. The molecular formula is C95H107N3O18Si. The van der Waals surface area contributed by atoms with Crippen LogP contribution in [0.25, 0.3) is 0 Å². The van der Waals surface area contributed by atoms with Gasteiger partial charge in [-0.15, -0.1) is 0 Å². The molecular weight excluding hydrogens is 1500 g/mol. The average molecular weight is 1610 g/mol. The van der Waals surface area contributed by atoms with Crippen molar-refractivity contribution in [2.24, 2.45) is 0 Å². The van der Waals surface area contributed by atoms with Gasteiger partial charge in [0.2, 0.25) is 0 Å². The summed E-state index contributed by atoms with van der Waals surface area (Å²) < 4.78 is 101. The topological polar surface area (TPSA) is 237 Å². The van der Waals surface area contributed by atoms with Gasteiger partial charge in [-0.2, -0.15) is 0 Å². The van der Waals surface area contributed by atoms with Crippen LogP contribution in [0.2, 0.25) is 25.7 Å². The van der Waals surface area contributed by atoms with E-state index < -0.39 is 128 Å². The third-order valence-corrected chi connectivity index (χ3v) is 24.5. The number of hydrogen-bond acceptors (Lipinski definition) is 18. The average Bonchev–Trinajstić information content (AvgIpc) is 0.728. The standard InChI is InChI=1S/C95H107N3O18Si/c1-117(2,3)50-49-93-51-76(106-57-69-37-19-7-20-38-69)81(96-90(93)100)88(114-93)85(110-61-73-45-27-11-28-46-73)79(64-104-55-67-33-15-5-16-34-67)112-95-53-78(108-59-71-41-23-9-24-42-71)83(98-92(95)102)89(116-95)86(111-62-74-47-29-12-30-48-74)80(65-105-56-68-35-17-6-18-36-68)113-94-52-77(107-58-70-39-21-8-22-40-70)82(97-91(94)101)87(115-94)84(109-60-72-43-25-10-26-44-72)75(99)63-103-54-66-31-13-4-14-32-66/h4-48,75-89,99H,49-65H2,1-3H3,(H,96,100)(H,97,101)(H,98,102). The molecule has 9 saturated heterocycles. The van der Waals surface area contributed by atoms with Gasteiger partial charge in [-0.25, -0.2) is 0 Å². The van der Waals surface area contributed by atoms with Crippen molar-refractivity contribution in [2.75, 3.05) is 19.8 Å². The van der Waals surface area contributed by atoms with E-state index in [0.29, 0.717) is 6.42 Å². The van der Waals surface area contributed by atoms with E-state index >= 15 is 14.4 Å². The van der Waals surface area contributed by atoms with Gasteiger partial charge in [0.25, 0.3) is 29.3 Å². The second kappa shape index (κ2) is 39.3. The zero-order valence-electron chi connectivity index (χ0n) is 66.5. The number of fused-ring (bicyclic) bond motifs is 9. The van der Waals surface area contributed by atoms with Gasteiger partial charge in [-0.05, 0) is 56.5 Å². The summed E-state index contributed by atoms with van der Waals surface area (Å²) in [5.74, 6) is -6.00. The van der Waals surface area contributed by atoms with Gasteiger partial charge in [0.1, 0.15) is 60.5 Å². The Labute approximate surface area is 686 Å². The first-order chi connectivity index (χ1) is 57.1. The predicted molar refractivity (Wildman–Crippen MR) is 439 cm³/mol. The number of hydrogen-bond donors (Lipinski definition) is 4. The van der Waals surface area contributed by atoms with E-state index in [2.05, 4.69) is 35.6 Å². The molecule has 9 aromatic rings. The van der Waals surface area contributed by atoms with Crippen molar-refractivity contribution in [2.45, 2.75) is 219 Å². The lowest BCUT2D eigenvalue weighted by atomic mass is 9.77. The Morgan fingerprint density at radius 2 is 0.624 bits per heavy atom. The number of amides is 3. The quantitative estimate of drug-likeness (QED) is 0.0260. The first-order valence-corrected chi connectivity index (χ1v) is 44.6. The molecule has 0 spiro atoms. The minimum atomic E-state index is -2.28. The number of ether oxygens (including phenoxy) is 14. The molecule has 0 radical (unpaired) electrons. The van der Waals surface area contributed by atoms with E-state index in [0.717, 1.165) is 56.1 Å². The molecule has 4 N–H and O–H groups in total. The van der Waals surface area contributed by atoms with E-state index in [4.69, 9.17) is 66.3 Å². The monoisotopic (exact) mass is 1610 g/mol. The summed E-state index contributed by atoms with van der Waals surface area (Å²) in [6.45, 7) is 7.15. The number of aliphatic hydroxyl groups is 1. The Balaban J connectivity index is 0.846. The van der Waals surface area contributed by atoms with E-state index in [1.165, 1.54) is 0 Å². The van der Waals surface area contributed by atoms with Crippen LogP contribution >= 0.6 is 0 Å². The van der Waals surface area contributed by atoms with Gasteiger partial charge in [-0.3, -0.25) is 14.4 Å². The molecule has 9 aliphatic rings. The Morgan fingerprint density at radius 3 is 0.957 bits per heavy atom. The first kappa shape index (κ1) is 83.1. The molecule has 22 heteroatoms. The van der Waals surface area contributed by atoms with Crippen LogP contribution in [0.4, 0.5) is 0 Å². The molecule has 18 unspecified atom stereocenters. The number of aliphatic hydroxyl groups excluding tert-OH is 1. The molecule has 9 heterocycles. The second-order valence-electron chi connectivity index (χ2n) is 32.6. The van der Waals surface area contributed by atoms with E-state index in [1.807, 2.05) is 273 Å². The van der Waals surface area contributed by atoms with Gasteiger partial charge in [0.05, 0.1) is 116 Å². The summed E-state index contributed by atoms with van der Waals surface area (Å²) in [5.41, 5.74) is 6.39. The molecule has 0 saturated carbocycles. The highest BCUT2D eigenvalue weighted by molar-refractivity contribution is 6.76. The maximum atomic E-state index is 16.2. The minimum absolute atomic E-state index is 0.0451. The Hall–Kier alpha value is -8.99. The molecule has 0 aliphatic carbocycles. The highest BCUT2D eigenvalue weighted by Crippen LogP contribution is 2.48. The van der Waals surface area contributed by atoms with E-state index in [9.17, 15) is 5.11 Å². The summed E-state index contributed by atoms with van der Waals surface area (Å²) in [6.07, 6.45) is -12.9. The third-order valence-electron chi connectivity index (χ3n) is 22.8. The van der Waals surface area contributed by atoms with Gasteiger partial charge in [-0.1, -0.05) is 299 Å². The zero-order valence-corrected chi connectivity index (χ0v) is 67.5. The van der Waals surface area contributed by atoms with Crippen molar-refractivity contribution >= 4 is 25.8 Å². The molecule has 117 heavy (non-hydrogen) atoms. The Morgan fingerprint density at radius 1 is 0.350 bits per heavy atom. The normalized spacial score (nSPS) is 26.2. The molecule has 9 aromatic carbocycles. The largest absolute Gasteiger partial charge is 0.388 e. The number of carbonyl (C=O) groups is 3. The molecule has 9 fully saturated rings. The fourth-order valence-corrected chi connectivity index (χ4v) is 17.7. The number of benzene rings is 9. The molecule has 18 atom stereocenters. The minimum Gasteiger partial charge on any atom is -0.388 e. The zero-order chi connectivity index (χ0) is 80.4. The van der Waals surface area contributed by atoms with Crippen LogP contribution < -0.4 is 16.0 Å². The molecule has 9 aliphatic heterocycles. The van der Waals surface area contributed by atoms with Crippen LogP contribution in [-0.2, 0) is 140 Å².